The predicted molar refractivity (Wildman–Crippen MR) is 104 cm³/mol. The molecule has 0 atom stereocenters. The summed E-state index contributed by atoms with van der Waals surface area (Å²) < 4.78 is 5.92. The molecule has 1 aliphatic carbocycles. The van der Waals surface area contributed by atoms with Crippen LogP contribution in [0.2, 0.25) is 0 Å². The molecule has 1 heterocycles. The predicted octanol–water partition coefficient (Wildman–Crippen LogP) is 2.71. The van der Waals surface area contributed by atoms with Crippen molar-refractivity contribution in [1.82, 2.24) is 15.6 Å². The number of halogens is 1. The molecule has 5 nitrogen and oxygen atoms in total. The lowest BCUT2D eigenvalue weighted by atomic mass is 10.2. The van der Waals surface area contributed by atoms with Crippen LogP contribution >= 0.6 is 24.0 Å². The van der Waals surface area contributed by atoms with Crippen LogP contribution in [-0.2, 0) is 6.54 Å². The number of guanidine groups is 1. The normalized spacial score (nSPS) is 14.7. The van der Waals surface area contributed by atoms with Crippen molar-refractivity contribution in [3.63, 3.8) is 0 Å². The zero-order valence-corrected chi connectivity index (χ0v) is 15.9. The molecule has 0 bridgehead atoms. The largest absolute Gasteiger partial charge is 0.474 e. The van der Waals surface area contributed by atoms with Crippen LogP contribution in [0.1, 0.15) is 38.2 Å². The minimum absolute atomic E-state index is 0. The Labute approximate surface area is 155 Å². The second kappa shape index (κ2) is 11.1. The van der Waals surface area contributed by atoms with Crippen molar-refractivity contribution >= 4 is 29.9 Å². The van der Waals surface area contributed by atoms with E-state index in [1.165, 1.54) is 12.8 Å². The number of aliphatic imine (C=N–C) groups is 1. The van der Waals surface area contributed by atoms with Gasteiger partial charge in [-0.2, -0.15) is 0 Å². The summed E-state index contributed by atoms with van der Waals surface area (Å²) in [6.45, 7) is 3.83. The summed E-state index contributed by atoms with van der Waals surface area (Å²) in [7, 11) is 0. The Balaban J connectivity index is 0.00000264. The van der Waals surface area contributed by atoms with Crippen LogP contribution in [0.5, 0.6) is 5.88 Å². The molecule has 0 aliphatic heterocycles. The number of aromatic nitrogens is 1. The van der Waals surface area contributed by atoms with E-state index in [0.29, 0.717) is 25.1 Å². The molecular weight excluding hydrogens is 403 g/mol. The van der Waals surface area contributed by atoms with Crippen molar-refractivity contribution in [1.29, 1.82) is 0 Å². The highest BCUT2D eigenvalue weighted by Crippen LogP contribution is 2.23. The van der Waals surface area contributed by atoms with Crippen LogP contribution in [0, 0.1) is 12.3 Å². The number of nitrogens with one attached hydrogen (secondary N) is 2. The second-order valence-electron chi connectivity index (χ2n) is 5.28. The van der Waals surface area contributed by atoms with Crippen LogP contribution in [0.3, 0.4) is 0 Å². The number of rotatable bonds is 6. The maximum Gasteiger partial charge on any atom is 0.213 e. The third-order valence-electron chi connectivity index (χ3n) is 3.51. The molecule has 2 rings (SSSR count). The van der Waals surface area contributed by atoms with Crippen molar-refractivity contribution in [2.75, 3.05) is 13.1 Å². The molecule has 1 saturated carbocycles. The first-order valence-electron chi connectivity index (χ1n) is 7.89. The Bertz CT molecular complexity index is 536. The van der Waals surface area contributed by atoms with Crippen LogP contribution < -0.4 is 15.4 Å². The highest BCUT2D eigenvalue weighted by atomic mass is 127. The van der Waals surface area contributed by atoms with Gasteiger partial charge in [0.05, 0.1) is 13.1 Å². The van der Waals surface area contributed by atoms with Crippen molar-refractivity contribution in [3.05, 3.63) is 23.9 Å². The molecule has 1 aromatic rings. The summed E-state index contributed by atoms with van der Waals surface area (Å²) in [5.74, 6) is 3.96. The molecule has 0 saturated heterocycles. The van der Waals surface area contributed by atoms with Gasteiger partial charge in [0, 0.05) is 18.8 Å². The summed E-state index contributed by atoms with van der Waals surface area (Å²) in [6.07, 6.45) is 12.1. The molecular formula is C17H25IN4O. The molecule has 0 unspecified atom stereocenters. The highest BCUT2D eigenvalue weighted by molar-refractivity contribution is 14.0. The third-order valence-corrected chi connectivity index (χ3v) is 3.51. The number of hydrogen-bond acceptors (Lipinski definition) is 3. The fourth-order valence-corrected chi connectivity index (χ4v) is 2.44. The molecule has 0 amide bonds. The lowest BCUT2D eigenvalue weighted by Crippen LogP contribution is -2.37. The van der Waals surface area contributed by atoms with E-state index in [0.717, 1.165) is 30.9 Å². The van der Waals surface area contributed by atoms with E-state index in [4.69, 9.17) is 11.2 Å². The maximum absolute atomic E-state index is 5.92. The average molecular weight is 428 g/mol. The summed E-state index contributed by atoms with van der Waals surface area (Å²) in [5, 5.41) is 6.23. The van der Waals surface area contributed by atoms with Gasteiger partial charge in [0.15, 0.2) is 5.96 Å². The van der Waals surface area contributed by atoms with Crippen LogP contribution in [0.25, 0.3) is 0 Å². The minimum Gasteiger partial charge on any atom is -0.474 e. The van der Waals surface area contributed by atoms with E-state index < -0.39 is 0 Å². The van der Waals surface area contributed by atoms with E-state index in [1.54, 1.807) is 6.20 Å². The average Bonchev–Trinajstić information content (AvgIpc) is 3.03. The number of terminal acetylenes is 1. The van der Waals surface area contributed by atoms with Gasteiger partial charge in [-0.15, -0.1) is 30.4 Å². The van der Waals surface area contributed by atoms with Crippen molar-refractivity contribution in [2.45, 2.75) is 45.3 Å². The summed E-state index contributed by atoms with van der Waals surface area (Å²) in [6, 6.07) is 3.92. The molecule has 23 heavy (non-hydrogen) atoms. The quantitative estimate of drug-likeness (QED) is 0.317. The van der Waals surface area contributed by atoms with Gasteiger partial charge in [0.1, 0.15) is 6.10 Å². The summed E-state index contributed by atoms with van der Waals surface area (Å²) >= 11 is 0. The van der Waals surface area contributed by atoms with Gasteiger partial charge in [0.2, 0.25) is 5.88 Å². The number of pyridine rings is 1. The van der Waals surface area contributed by atoms with Gasteiger partial charge < -0.3 is 15.4 Å². The zero-order chi connectivity index (χ0) is 15.6. The lowest BCUT2D eigenvalue weighted by Gasteiger charge is -2.12. The standard InChI is InChI=1S/C17H24N4O.HI/c1-3-10-20-17(18-4-2)21-13-14-9-11-19-16(12-14)22-15-7-5-6-8-15;/h1,9,11-12,15H,4-8,10,13H2,2H3,(H2,18,20,21);1H. The summed E-state index contributed by atoms with van der Waals surface area (Å²) in [5.41, 5.74) is 1.07. The Morgan fingerprint density at radius 1 is 1.43 bits per heavy atom. The van der Waals surface area contributed by atoms with Crippen molar-refractivity contribution in [3.8, 4) is 18.2 Å². The topological polar surface area (TPSA) is 58.5 Å². The van der Waals surface area contributed by atoms with Gasteiger partial charge in [-0.05, 0) is 44.2 Å². The van der Waals surface area contributed by atoms with Crippen molar-refractivity contribution in [2.24, 2.45) is 4.99 Å². The van der Waals surface area contributed by atoms with Crippen LogP contribution in [-0.4, -0.2) is 30.1 Å². The van der Waals surface area contributed by atoms with Gasteiger partial charge in [0.25, 0.3) is 0 Å². The fraction of sp³-hybridized carbons (Fsp3) is 0.529. The molecule has 6 heteroatoms. The van der Waals surface area contributed by atoms with E-state index in [9.17, 15) is 0 Å². The molecule has 1 aromatic heterocycles. The second-order valence-corrected chi connectivity index (χ2v) is 5.28. The molecule has 126 valence electrons. The molecule has 2 N–H and O–H groups in total. The van der Waals surface area contributed by atoms with Crippen LogP contribution in [0.4, 0.5) is 0 Å². The van der Waals surface area contributed by atoms with Gasteiger partial charge in [-0.1, -0.05) is 5.92 Å². The van der Waals surface area contributed by atoms with Gasteiger partial charge >= 0.3 is 0 Å². The molecule has 0 aromatic carbocycles. The van der Waals surface area contributed by atoms with E-state index >= 15 is 0 Å². The van der Waals surface area contributed by atoms with Crippen LogP contribution in [0.15, 0.2) is 23.3 Å². The molecule has 1 aliphatic rings. The first-order valence-corrected chi connectivity index (χ1v) is 7.89. The minimum atomic E-state index is 0. The molecule has 0 radical (unpaired) electrons. The Kier molecular flexibility index (Phi) is 9.45. The SMILES string of the molecule is C#CCNC(=NCc1ccnc(OC2CCCC2)c1)NCC.I. The third kappa shape index (κ3) is 7.08. The van der Waals surface area contributed by atoms with E-state index in [-0.39, 0.29) is 24.0 Å². The van der Waals surface area contributed by atoms with Gasteiger partial charge in [-0.3, -0.25) is 0 Å². The fourth-order valence-electron chi connectivity index (χ4n) is 2.44. The Hall–Kier alpha value is -1.49. The van der Waals surface area contributed by atoms with Crippen molar-refractivity contribution < 1.29 is 4.74 Å². The van der Waals surface area contributed by atoms with E-state index in [1.807, 2.05) is 19.1 Å². The number of hydrogen-bond donors (Lipinski definition) is 2. The molecule has 1 fully saturated rings. The van der Waals surface area contributed by atoms with E-state index in [2.05, 4.69) is 26.5 Å². The lowest BCUT2D eigenvalue weighted by molar-refractivity contribution is 0.201. The Morgan fingerprint density at radius 2 is 2.22 bits per heavy atom. The monoisotopic (exact) mass is 428 g/mol. The molecule has 0 spiro atoms. The first kappa shape index (κ1) is 19.6. The first-order chi connectivity index (χ1) is 10.8. The number of ether oxygens (including phenoxy) is 1. The summed E-state index contributed by atoms with van der Waals surface area (Å²) in [4.78, 5) is 8.80. The highest BCUT2D eigenvalue weighted by Gasteiger charge is 2.16. The smallest absolute Gasteiger partial charge is 0.213 e. The number of nitrogens with zero attached hydrogens (tertiary/aromatic N) is 2. The Morgan fingerprint density at radius 3 is 2.91 bits per heavy atom. The zero-order valence-electron chi connectivity index (χ0n) is 13.5. The van der Waals surface area contributed by atoms with Gasteiger partial charge in [-0.25, -0.2) is 9.98 Å². The maximum atomic E-state index is 5.92.